The van der Waals surface area contributed by atoms with Crippen molar-refractivity contribution in [2.24, 2.45) is 5.73 Å². The molecule has 5 heteroatoms. The second-order valence-corrected chi connectivity index (χ2v) is 3.17. The molecule has 0 bridgehead atoms. The van der Waals surface area contributed by atoms with Crippen molar-refractivity contribution in [3.05, 3.63) is 30.5 Å². The highest BCUT2D eigenvalue weighted by atomic mass is 32.1. The van der Waals surface area contributed by atoms with Crippen LogP contribution in [0.3, 0.4) is 0 Å². The normalized spacial score (nSPS) is 10.0. The van der Waals surface area contributed by atoms with Crippen LogP contribution in [0.2, 0.25) is 0 Å². The van der Waals surface area contributed by atoms with Crippen LogP contribution >= 0.6 is 12.2 Å². The maximum atomic E-state index is 5.33. The summed E-state index contributed by atoms with van der Waals surface area (Å²) in [6.45, 7) is 0. The van der Waals surface area contributed by atoms with Gasteiger partial charge in [-0.15, -0.1) is 0 Å². The molecule has 14 heavy (non-hydrogen) atoms. The van der Waals surface area contributed by atoms with E-state index in [-0.39, 0.29) is 5.11 Å². The lowest BCUT2D eigenvalue weighted by Gasteiger charge is -2.03. The molecule has 2 aromatic rings. The fraction of sp³-hybridized carbons (Fsp3) is 0. The van der Waals surface area contributed by atoms with E-state index in [4.69, 9.17) is 18.0 Å². The van der Waals surface area contributed by atoms with Gasteiger partial charge in [-0.05, 0) is 36.5 Å². The summed E-state index contributed by atoms with van der Waals surface area (Å²) >= 11 is 4.71. The number of aromatic nitrogens is 2. The fourth-order valence-corrected chi connectivity index (χ4v) is 1.26. The van der Waals surface area contributed by atoms with Gasteiger partial charge in [-0.1, -0.05) is 0 Å². The molecule has 2 rings (SSSR count). The quantitative estimate of drug-likeness (QED) is 0.685. The molecule has 3 N–H and O–H groups in total. The first kappa shape index (κ1) is 8.83. The van der Waals surface area contributed by atoms with Crippen LogP contribution in [0.25, 0.3) is 11.0 Å². The zero-order chi connectivity index (χ0) is 9.97. The molecule has 0 amide bonds. The minimum Gasteiger partial charge on any atom is -0.376 e. The second kappa shape index (κ2) is 3.55. The van der Waals surface area contributed by atoms with Crippen molar-refractivity contribution < 1.29 is 0 Å². The van der Waals surface area contributed by atoms with Crippen LogP contribution in [0.4, 0.5) is 5.82 Å². The van der Waals surface area contributed by atoms with Gasteiger partial charge in [-0.25, -0.2) is 4.98 Å². The monoisotopic (exact) mass is 204 g/mol. The summed E-state index contributed by atoms with van der Waals surface area (Å²) in [6, 6.07) is 7.37. The second-order valence-electron chi connectivity index (χ2n) is 2.73. The lowest BCUT2D eigenvalue weighted by molar-refractivity contribution is 1.33. The lowest BCUT2D eigenvalue weighted by Crippen LogP contribution is -2.19. The lowest BCUT2D eigenvalue weighted by atomic mass is 10.3. The average Bonchev–Trinajstić information content (AvgIpc) is 2.17. The summed E-state index contributed by atoms with van der Waals surface area (Å²) < 4.78 is 0. The minimum atomic E-state index is 0.209. The third kappa shape index (κ3) is 1.77. The number of nitrogens with zero attached hydrogens (tertiary/aromatic N) is 2. The molecule has 0 saturated heterocycles. The number of rotatable bonds is 1. The molecule has 0 aromatic carbocycles. The maximum Gasteiger partial charge on any atom is 0.169 e. The van der Waals surface area contributed by atoms with E-state index in [1.165, 1.54) is 0 Å². The predicted octanol–water partition coefficient (Wildman–Crippen LogP) is 1.29. The van der Waals surface area contributed by atoms with Crippen molar-refractivity contribution in [2.75, 3.05) is 5.32 Å². The van der Waals surface area contributed by atoms with E-state index in [9.17, 15) is 0 Å². The molecule has 0 aliphatic rings. The molecule has 0 aliphatic carbocycles. The minimum absolute atomic E-state index is 0.209. The molecule has 0 radical (unpaired) electrons. The Hall–Kier alpha value is -1.75. The van der Waals surface area contributed by atoms with Gasteiger partial charge in [-0.3, -0.25) is 4.98 Å². The van der Waals surface area contributed by atoms with Crippen LogP contribution < -0.4 is 11.1 Å². The summed E-state index contributed by atoms with van der Waals surface area (Å²) in [5, 5.41) is 2.98. The summed E-state index contributed by atoms with van der Waals surface area (Å²) in [6.07, 6.45) is 1.73. The Morgan fingerprint density at radius 3 is 2.93 bits per heavy atom. The summed E-state index contributed by atoms with van der Waals surface area (Å²) in [5.74, 6) is 0.637. The molecule has 0 unspecified atom stereocenters. The zero-order valence-electron chi connectivity index (χ0n) is 7.27. The molecule has 2 aromatic heterocycles. The maximum absolute atomic E-state index is 5.33. The van der Waals surface area contributed by atoms with Gasteiger partial charge in [0.2, 0.25) is 0 Å². The van der Waals surface area contributed by atoms with Gasteiger partial charge >= 0.3 is 0 Å². The largest absolute Gasteiger partial charge is 0.376 e. The first-order valence-electron chi connectivity index (χ1n) is 4.04. The van der Waals surface area contributed by atoms with Crippen molar-refractivity contribution in [2.45, 2.75) is 0 Å². The third-order valence-corrected chi connectivity index (χ3v) is 1.81. The average molecular weight is 204 g/mol. The number of hydrogen-bond donors (Lipinski definition) is 2. The molecular weight excluding hydrogens is 196 g/mol. The SMILES string of the molecule is NC(=S)Nc1ccc2ncccc2n1. The van der Waals surface area contributed by atoms with Crippen LogP contribution in [-0.2, 0) is 0 Å². The van der Waals surface area contributed by atoms with Crippen molar-refractivity contribution in [1.82, 2.24) is 9.97 Å². The van der Waals surface area contributed by atoms with Crippen molar-refractivity contribution in [1.29, 1.82) is 0 Å². The van der Waals surface area contributed by atoms with E-state index in [2.05, 4.69) is 15.3 Å². The van der Waals surface area contributed by atoms with Gasteiger partial charge in [-0.2, -0.15) is 0 Å². The Labute approximate surface area is 86.2 Å². The van der Waals surface area contributed by atoms with Crippen LogP contribution in [-0.4, -0.2) is 15.1 Å². The first-order chi connectivity index (χ1) is 6.75. The van der Waals surface area contributed by atoms with E-state index < -0.39 is 0 Å². The van der Waals surface area contributed by atoms with E-state index >= 15 is 0 Å². The Bertz CT molecular complexity index is 483. The van der Waals surface area contributed by atoms with Crippen LogP contribution in [0.5, 0.6) is 0 Å². The number of nitrogens with one attached hydrogen (secondary N) is 1. The first-order valence-corrected chi connectivity index (χ1v) is 4.45. The van der Waals surface area contributed by atoms with E-state index in [0.29, 0.717) is 5.82 Å². The van der Waals surface area contributed by atoms with Crippen LogP contribution in [0, 0.1) is 0 Å². The molecule has 0 saturated carbocycles. The molecule has 0 spiro atoms. The number of pyridine rings is 2. The zero-order valence-corrected chi connectivity index (χ0v) is 8.08. The van der Waals surface area contributed by atoms with E-state index in [0.717, 1.165) is 11.0 Å². The molecule has 70 valence electrons. The Kier molecular flexibility index (Phi) is 2.24. The number of nitrogens with two attached hydrogens (primary N) is 1. The third-order valence-electron chi connectivity index (χ3n) is 1.71. The van der Waals surface area contributed by atoms with E-state index in [1.807, 2.05) is 18.2 Å². The highest BCUT2D eigenvalue weighted by Gasteiger charge is 1.98. The Morgan fingerprint density at radius 2 is 2.14 bits per heavy atom. The summed E-state index contributed by atoms with van der Waals surface area (Å²) in [7, 11) is 0. The number of anilines is 1. The van der Waals surface area contributed by atoms with Gasteiger partial charge in [0.15, 0.2) is 5.11 Å². The number of hydrogen-bond acceptors (Lipinski definition) is 3. The van der Waals surface area contributed by atoms with Crippen molar-refractivity contribution in [3.63, 3.8) is 0 Å². The Morgan fingerprint density at radius 1 is 1.29 bits per heavy atom. The standard InChI is InChI=1S/C9H8N4S/c10-9(14)13-8-4-3-6-7(12-8)2-1-5-11-6/h1-5H,(H3,10,12,13,14). The van der Waals surface area contributed by atoms with Gasteiger partial charge in [0.1, 0.15) is 5.82 Å². The topological polar surface area (TPSA) is 63.8 Å². The van der Waals surface area contributed by atoms with Gasteiger partial charge < -0.3 is 11.1 Å². The summed E-state index contributed by atoms with van der Waals surface area (Å²) in [5.41, 5.74) is 7.00. The molecule has 2 heterocycles. The molecule has 0 atom stereocenters. The van der Waals surface area contributed by atoms with Crippen molar-refractivity contribution in [3.8, 4) is 0 Å². The Balaban J connectivity index is 2.46. The van der Waals surface area contributed by atoms with Crippen LogP contribution in [0.1, 0.15) is 0 Å². The molecule has 4 nitrogen and oxygen atoms in total. The fourth-order valence-electron chi connectivity index (χ4n) is 1.15. The molecule has 0 aliphatic heterocycles. The number of thiocarbonyl (C=S) groups is 1. The predicted molar refractivity (Wildman–Crippen MR) is 59.9 cm³/mol. The van der Waals surface area contributed by atoms with Gasteiger partial charge in [0.05, 0.1) is 11.0 Å². The van der Waals surface area contributed by atoms with Gasteiger partial charge in [0, 0.05) is 6.20 Å². The smallest absolute Gasteiger partial charge is 0.169 e. The van der Waals surface area contributed by atoms with Crippen molar-refractivity contribution >= 4 is 34.2 Å². The molecule has 0 fully saturated rings. The van der Waals surface area contributed by atoms with Crippen LogP contribution in [0.15, 0.2) is 30.5 Å². The molecular formula is C9H8N4S. The van der Waals surface area contributed by atoms with Gasteiger partial charge in [0.25, 0.3) is 0 Å². The highest BCUT2D eigenvalue weighted by molar-refractivity contribution is 7.80. The van der Waals surface area contributed by atoms with E-state index in [1.54, 1.807) is 12.3 Å². The number of fused-ring (bicyclic) bond motifs is 1. The highest BCUT2D eigenvalue weighted by Crippen LogP contribution is 2.11. The summed E-state index contributed by atoms with van der Waals surface area (Å²) in [4.78, 5) is 8.42.